The van der Waals surface area contributed by atoms with Crippen LogP contribution in [0.15, 0.2) is 24.3 Å². The fourth-order valence-corrected chi connectivity index (χ4v) is 3.26. The van der Waals surface area contributed by atoms with Crippen molar-refractivity contribution in [2.75, 3.05) is 12.0 Å². The lowest BCUT2D eigenvalue weighted by Gasteiger charge is -2.23. The fourth-order valence-electron chi connectivity index (χ4n) is 2.59. The van der Waals surface area contributed by atoms with Gasteiger partial charge in [-0.05, 0) is 36.8 Å². The number of fused-ring (bicyclic) bond motifs is 1. The molecule has 1 aliphatic rings. The third-order valence-electron chi connectivity index (χ3n) is 3.39. The molecule has 0 amide bonds. The third-order valence-corrected chi connectivity index (χ3v) is 4.42. The molecule has 0 atom stereocenters. The van der Waals surface area contributed by atoms with Gasteiger partial charge >= 0.3 is 0 Å². The Labute approximate surface area is 103 Å². The molecule has 17 heavy (non-hydrogen) atoms. The molecule has 0 fully saturated rings. The summed E-state index contributed by atoms with van der Waals surface area (Å²) in [5, 5.41) is 0. The molecule has 2 rings (SSSR count). The molecule has 1 aromatic rings. The number of hydrogen-bond acceptors (Lipinski definition) is 3. The normalized spacial score (nSPS) is 18.0. The van der Waals surface area contributed by atoms with E-state index in [9.17, 15) is 8.42 Å². The molecule has 0 bridgehead atoms. The molecular weight excluding hydrogens is 234 g/mol. The first-order chi connectivity index (χ1) is 7.88. The minimum Gasteiger partial charge on any atom is -0.324 e. The van der Waals surface area contributed by atoms with Crippen LogP contribution < -0.4 is 5.73 Å². The minimum atomic E-state index is -2.87. The first-order valence-corrected chi connectivity index (χ1v) is 7.97. The van der Waals surface area contributed by atoms with Gasteiger partial charge in [-0.15, -0.1) is 0 Å². The van der Waals surface area contributed by atoms with Gasteiger partial charge in [-0.25, -0.2) is 8.42 Å². The smallest absolute Gasteiger partial charge is 0.147 e. The summed E-state index contributed by atoms with van der Waals surface area (Å²) >= 11 is 0. The Morgan fingerprint density at radius 2 is 1.76 bits per heavy atom. The average molecular weight is 253 g/mol. The first-order valence-electron chi connectivity index (χ1n) is 5.91. The summed E-state index contributed by atoms with van der Waals surface area (Å²) < 4.78 is 22.2. The summed E-state index contributed by atoms with van der Waals surface area (Å²) in [6.45, 7) is 0. The standard InChI is InChI=1S/C13H19NO2S/c1-17(15,16)8-4-7-13(14)9-11-5-2-3-6-12(11)10-13/h2-3,5-6H,4,7-10,14H2,1H3. The van der Waals surface area contributed by atoms with Gasteiger partial charge in [0.1, 0.15) is 9.84 Å². The largest absolute Gasteiger partial charge is 0.324 e. The van der Waals surface area contributed by atoms with Gasteiger partial charge in [0.2, 0.25) is 0 Å². The second-order valence-corrected chi connectivity index (χ2v) is 7.48. The highest BCUT2D eigenvalue weighted by molar-refractivity contribution is 7.90. The van der Waals surface area contributed by atoms with E-state index in [1.165, 1.54) is 17.4 Å². The topological polar surface area (TPSA) is 60.2 Å². The van der Waals surface area contributed by atoms with Crippen molar-refractivity contribution in [2.45, 2.75) is 31.2 Å². The molecule has 4 heteroatoms. The fraction of sp³-hybridized carbons (Fsp3) is 0.538. The van der Waals surface area contributed by atoms with E-state index in [0.717, 1.165) is 19.3 Å². The van der Waals surface area contributed by atoms with Gasteiger partial charge in [0.15, 0.2) is 0 Å². The van der Waals surface area contributed by atoms with Crippen LogP contribution in [0, 0.1) is 0 Å². The molecule has 0 saturated heterocycles. The van der Waals surface area contributed by atoms with Crippen molar-refractivity contribution in [1.82, 2.24) is 0 Å². The third kappa shape index (κ3) is 3.30. The molecule has 0 aromatic heterocycles. The number of sulfone groups is 1. The maximum absolute atomic E-state index is 11.1. The Hall–Kier alpha value is -0.870. The van der Waals surface area contributed by atoms with Crippen molar-refractivity contribution in [3.05, 3.63) is 35.4 Å². The summed E-state index contributed by atoms with van der Waals surface area (Å²) in [5.74, 6) is 0.238. The summed E-state index contributed by atoms with van der Waals surface area (Å²) in [6, 6.07) is 8.28. The van der Waals surface area contributed by atoms with E-state index in [0.29, 0.717) is 6.42 Å². The van der Waals surface area contributed by atoms with Gasteiger partial charge in [0, 0.05) is 17.5 Å². The van der Waals surface area contributed by atoms with E-state index in [1.807, 2.05) is 12.1 Å². The van der Waals surface area contributed by atoms with E-state index >= 15 is 0 Å². The zero-order valence-electron chi connectivity index (χ0n) is 10.1. The minimum absolute atomic E-state index is 0.238. The Balaban J connectivity index is 1.96. The van der Waals surface area contributed by atoms with Crippen molar-refractivity contribution >= 4 is 9.84 Å². The monoisotopic (exact) mass is 253 g/mol. The summed E-state index contributed by atoms with van der Waals surface area (Å²) in [6.07, 6.45) is 4.44. The Kier molecular flexibility index (Phi) is 3.27. The van der Waals surface area contributed by atoms with Crippen LogP contribution in [-0.4, -0.2) is 26.0 Å². The Morgan fingerprint density at radius 3 is 2.24 bits per heavy atom. The average Bonchev–Trinajstić information content (AvgIpc) is 2.51. The number of hydrogen-bond donors (Lipinski definition) is 1. The van der Waals surface area contributed by atoms with Crippen LogP contribution in [0.25, 0.3) is 0 Å². The van der Waals surface area contributed by atoms with Crippen molar-refractivity contribution in [1.29, 1.82) is 0 Å². The van der Waals surface area contributed by atoms with Crippen LogP contribution in [0.5, 0.6) is 0 Å². The SMILES string of the molecule is CS(=O)(=O)CCCC1(N)Cc2ccccc2C1. The molecule has 0 unspecified atom stereocenters. The van der Waals surface area contributed by atoms with E-state index in [2.05, 4.69) is 12.1 Å². The number of benzene rings is 1. The highest BCUT2D eigenvalue weighted by atomic mass is 32.2. The van der Waals surface area contributed by atoms with E-state index in [-0.39, 0.29) is 11.3 Å². The van der Waals surface area contributed by atoms with Crippen LogP contribution in [0.3, 0.4) is 0 Å². The molecule has 0 spiro atoms. The number of nitrogens with two attached hydrogens (primary N) is 1. The van der Waals surface area contributed by atoms with Crippen LogP contribution >= 0.6 is 0 Å². The van der Waals surface area contributed by atoms with Gasteiger partial charge in [-0.2, -0.15) is 0 Å². The van der Waals surface area contributed by atoms with E-state index in [1.54, 1.807) is 0 Å². The first kappa shape index (κ1) is 12.6. The van der Waals surface area contributed by atoms with E-state index in [4.69, 9.17) is 5.73 Å². The van der Waals surface area contributed by atoms with Crippen LogP contribution in [-0.2, 0) is 22.7 Å². The van der Waals surface area contributed by atoms with Gasteiger partial charge in [-0.3, -0.25) is 0 Å². The molecule has 3 nitrogen and oxygen atoms in total. The summed E-state index contributed by atoms with van der Waals surface area (Å²) in [5.41, 5.74) is 8.73. The predicted octanol–water partition coefficient (Wildman–Crippen LogP) is 1.31. The molecule has 1 aromatic carbocycles. The van der Waals surface area contributed by atoms with Gasteiger partial charge in [0.25, 0.3) is 0 Å². The predicted molar refractivity (Wildman–Crippen MR) is 69.7 cm³/mol. The van der Waals surface area contributed by atoms with Crippen LogP contribution in [0.1, 0.15) is 24.0 Å². The Morgan fingerprint density at radius 1 is 1.24 bits per heavy atom. The molecule has 0 saturated carbocycles. The highest BCUT2D eigenvalue weighted by Gasteiger charge is 2.32. The molecule has 2 N–H and O–H groups in total. The lowest BCUT2D eigenvalue weighted by atomic mass is 9.92. The van der Waals surface area contributed by atoms with Crippen molar-refractivity contribution in [3.63, 3.8) is 0 Å². The zero-order chi connectivity index (χ0) is 12.5. The van der Waals surface area contributed by atoms with Crippen molar-refractivity contribution in [2.24, 2.45) is 5.73 Å². The van der Waals surface area contributed by atoms with Gasteiger partial charge < -0.3 is 5.73 Å². The maximum Gasteiger partial charge on any atom is 0.147 e. The van der Waals surface area contributed by atoms with Crippen LogP contribution in [0.2, 0.25) is 0 Å². The summed E-state index contributed by atoms with van der Waals surface area (Å²) in [4.78, 5) is 0. The van der Waals surface area contributed by atoms with E-state index < -0.39 is 9.84 Å². The second-order valence-electron chi connectivity index (χ2n) is 5.22. The van der Waals surface area contributed by atoms with Gasteiger partial charge in [0.05, 0.1) is 0 Å². The van der Waals surface area contributed by atoms with Gasteiger partial charge in [-0.1, -0.05) is 24.3 Å². The molecular formula is C13H19NO2S. The van der Waals surface area contributed by atoms with Crippen molar-refractivity contribution in [3.8, 4) is 0 Å². The number of rotatable bonds is 4. The molecule has 0 aliphatic heterocycles. The summed E-state index contributed by atoms with van der Waals surface area (Å²) in [7, 11) is -2.87. The molecule has 1 aliphatic carbocycles. The zero-order valence-corrected chi connectivity index (χ0v) is 11.0. The highest BCUT2D eigenvalue weighted by Crippen LogP contribution is 2.31. The molecule has 0 heterocycles. The Bertz CT molecular complexity index is 483. The lowest BCUT2D eigenvalue weighted by Crippen LogP contribution is -2.40. The quantitative estimate of drug-likeness (QED) is 0.880. The maximum atomic E-state index is 11.1. The van der Waals surface area contributed by atoms with Crippen molar-refractivity contribution < 1.29 is 8.42 Å². The molecule has 94 valence electrons. The second kappa shape index (κ2) is 4.42. The lowest BCUT2D eigenvalue weighted by molar-refractivity contribution is 0.410. The molecule has 0 radical (unpaired) electrons. The van der Waals surface area contributed by atoms with Crippen LogP contribution in [0.4, 0.5) is 0 Å².